The second-order valence-corrected chi connectivity index (χ2v) is 10.8. The Balaban J connectivity index is 2.21. The molecule has 0 saturated heterocycles. The number of Topliss-reactive ketones (excluding diaryl/α,β-unsaturated/α-hetero) is 1. The van der Waals surface area contributed by atoms with Gasteiger partial charge in [-0.2, -0.15) is 0 Å². The first-order valence-corrected chi connectivity index (χ1v) is 14.3. The molecule has 42 heavy (non-hydrogen) atoms. The number of esters is 1. The number of carbonyl (C=O) groups excluding carboxylic acids is 4. The van der Waals surface area contributed by atoms with Gasteiger partial charge in [0.2, 0.25) is 11.8 Å². The summed E-state index contributed by atoms with van der Waals surface area (Å²) in [5, 5.41) is 2.75. The molecular weight excluding hydrogens is 538 g/mol. The van der Waals surface area contributed by atoms with E-state index in [9.17, 15) is 19.2 Å². The molecule has 2 aromatic carbocycles. The molecule has 3 N–H and O–H groups in total. The van der Waals surface area contributed by atoms with Gasteiger partial charge in [0, 0.05) is 36.9 Å². The standard InChI is InChI=1S/C32H43N3O7/c1-7-8-9-10-24(33)31(38)35(3)29-21-12-14-28(41-5)23(18-21)22-16-20(11-13-27(22)40-4)17-25(32(39)42-6)34-30(37)19(2)15-26(29)36/h11-14,16,18-19,24-25,29H,7-10,15,17,33H2,1-6H3,(H,34,37)/t19-,24+,25+,29+/m1/s1. The van der Waals surface area contributed by atoms with E-state index in [1.54, 1.807) is 46.4 Å². The molecule has 0 aliphatic carbocycles. The van der Waals surface area contributed by atoms with Gasteiger partial charge in [-0.1, -0.05) is 45.2 Å². The lowest BCUT2D eigenvalue weighted by atomic mass is 9.89. The van der Waals surface area contributed by atoms with Crippen LogP contribution in [0.3, 0.4) is 0 Å². The third-order valence-electron chi connectivity index (χ3n) is 7.77. The molecule has 4 atom stereocenters. The third kappa shape index (κ3) is 7.47. The molecule has 2 aromatic rings. The van der Waals surface area contributed by atoms with Crippen LogP contribution >= 0.6 is 0 Å². The van der Waals surface area contributed by atoms with E-state index in [-0.39, 0.29) is 24.5 Å². The van der Waals surface area contributed by atoms with Crippen LogP contribution in [0.15, 0.2) is 36.4 Å². The van der Waals surface area contributed by atoms with Gasteiger partial charge in [-0.3, -0.25) is 14.4 Å². The monoisotopic (exact) mass is 581 g/mol. The van der Waals surface area contributed by atoms with Gasteiger partial charge in [0.15, 0.2) is 5.78 Å². The number of likely N-dealkylation sites (N-methyl/N-ethyl adjacent to an activating group) is 1. The molecule has 0 spiro atoms. The summed E-state index contributed by atoms with van der Waals surface area (Å²) in [5.41, 5.74) is 8.88. The maximum Gasteiger partial charge on any atom is 0.328 e. The van der Waals surface area contributed by atoms with Crippen molar-refractivity contribution in [2.24, 2.45) is 11.7 Å². The third-order valence-corrected chi connectivity index (χ3v) is 7.77. The largest absolute Gasteiger partial charge is 0.496 e. The average Bonchev–Trinajstić information content (AvgIpc) is 2.99. The van der Waals surface area contributed by atoms with Crippen molar-refractivity contribution in [3.8, 4) is 22.6 Å². The number of unbranched alkanes of at least 4 members (excludes halogenated alkanes) is 2. The fourth-order valence-electron chi connectivity index (χ4n) is 5.34. The lowest BCUT2D eigenvalue weighted by molar-refractivity contribution is -0.145. The Bertz CT molecular complexity index is 1290. The lowest BCUT2D eigenvalue weighted by Crippen LogP contribution is -2.47. The van der Waals surface area contributed by atoms with Crippen molar-refractivity contribution in [3.05, 3.63) is 47.5 Å². The fraction of sp³-hybridized carbons (Fsp3) is 0.500. The van der Waals surface area contributed by atoms with Crippen LogP contribution < -0.4 is 20.5 Å². The number of hydrogen-bond donors (Lipinski definition) is 2. The van der Waals surface area contributed by atoms with E-state index in [4.69, 9.17) is 19.9 Å². The highest BCUT2D eigenvalue weighted by molar-refractivity contribution is 5.95. The van der Waals surface area contributed by atoms with Crippen LogP contribution in [0, 0.1) is 5.92 Å². The predicted octanol–water partition coefficient (Wildman–Crippen LogP) is 3.59. The van der Waals surface area contributed by atoms with Crippen LogP contribution in [-0.2, 0) is 30.3 Å². The summed E-state index contributed by atoms with van der Waals surface area (Å²) in [6, 6.07) is 7.99. The number of fused-ring (bicyclic) bond motifs is 5. The highest BCUT2D eigenvalue weighted by Gasteiger charge is 2.34. The van der Waals surface area contributed by atoms with Crippen molar-refractivity contribution in [2.45, 2.75) is 70.5 Å². The van der Waals surface area contributed by atoms with E-state index in [0.29, 0.717) is 34.6 Å². The number of benzene rings is 2. The van der Waals surface area contributed by atoms with E-state index in [1.165, 1.54) is 12.0 Å². The van der Waals surface area contributed by atoms with Crippen LogP contribution in [-0.4, -0.2) is 68.9 Å². The first kappa shape index (κ1) is 32.6. The van der Waals surface area contributed by atoms with E-state index in [1.807, 2.05) is 18.2 Å². The van der Waals surface area contributed by atoms with E-state index in [0.717, 1.165) is 24.8 Å². The normalized spacial score (nSPS) is 19.6. The van der Waals surface area contributed by atoms with Crippen LogP contribution in [0.4, 0.5) is 0 Å². The quantitative estimate of drug-likeness (QED) is 0.339. The molecule has 10 nitrogen and oxygen atoms in total. The summed E-state index contributed by atoms with van der Waals surface area (Å²) in [7, 11) is 5.92. The molecule has 10 heteroatoms. The number of carbonyl (C=O) groups is 4. The minimum atomic E-state index is -1.01. The minimum Gasteiger partial charge on any atom is -0.496 e. The summed E-state index contributed by atoms with van der Waals surface area (Å²) in [6.07, 6.45) is 3.25. The highest BCUT2D eigenvalue weighted by Crippen LogP contribution is 2.40. The van der Waals surface area contributed by atoms with Crippen molar-refractivity contribution >= 4 is 23.6 Å². The number of rotatable bonds is 9. The summed E-state index contributed by atoms with van der Waals surface area (Å²) < 4.78 is 16.3. The number of nitrogens with zero attached hydrogens (tertiary/aromatic N) is 1. The summed E-state index contributed by atoms with van der Waals surface area (Å²) >= 11 is 0. The number of hydrogen-bond acceptors (Lipinski definition) is 8. The van der Waals surface area contributed by atoms with Gasteiger partial charge in [-0.15, -0.1) is 0 Å². The Morgan fingerprint density at radius 2 is 1.64 bits per heavy atom. The zero-order valence-corrected chi connectivity index (χ0v) is 25.4. The summed E-state index contributed by atoms with van der Waals surface area (Å²) in [6.45, 7) is 3.69. The van der Waals surface area contributed by atoms with Gasteiger partial charge >= 0.3 is 5.97 Å². The first-order chi connectivity index (χ1) is 20.1. The number of ketones is 1. The Morgan fingerprint density at radius 3 is 2.26 bits per heavy atom. The molecule has 1 heterocycles. The Labute approximate surface area is 247 Å². The zero-order chi connectivity index (χ0) is 31.0. The number of nitrogens with two attached hydrogens (primary N) is 1. The van der Waals surface area contributed by atoms with Gasteiger partial charge < -0.3 is 30.2 Å². The smallest absolute Gasteiger partial charge is 0.328 e. The molecule has 0 fully saturated rings. The topological polar surface area (TPSA) is 137 Å². The molecule has 0 saturated carbocycles. The Hall–Kier alpha value is -3.92. The molecule has 2 amide bonds. The number of amides is 2. The molecule has 0 aromatic heterocycles. The van der Waals surface area contributed by atoms with E-state index >= 15 is 0 Å². The maximum atomic E-state index is 13.9. The van der Waals surface area contributed by atoms with Crippen molar-refractivity contribution < 1.29 is 33.4 Å². The van der Waals surface area contributed by atoms with Gasteiger partial charge in [0.1, 0.15) is 23.6 Å². The summed E-state index contributed by atoms with van der Waals surface area (Å²) in [5.74, 6) is -1.47. The molecule has 3 rings (SSSR count). The van der Waals surface area contributed by atoms with Gasteiger partial charge in [-0.25, -0.2) is 4.79 Å². The molecule has 1 aliphatic heterocycles. The fourth-order valence-corrected chi connectivity index (χ4v) is 5.34. The molecule has 1 aliphatic rings. The second kappa shape index (κ2) is 14.8. The number of methoxy groups -OCH3 is 3. The van der Waals surface area contributed by atoms with Gasteiger partial charge in [0.05, 0.1) is 27.4 Å². The van der Waals surface area contributed by atoms with Crippen LogP contribution in [0.2, 0.25) is 0 Å². The summed E-state index contributed by atoms with van der Waals surface area (Å²) in [4.78, 5) is 54.7. The molecule has 0 radical (unpaired) electrons. The van der Waals surface area contributed by atoms with Crippen molar-refractivity contribution in [1.82, 2.24) is 10.2 Å². The van der Waals surface area contributed by atoms with E-state index < -0.39 is 35.9 Å². The molecule has 228 valence electrons. The molecule has 4 bridgehead atoms. The number of nitrogens with one attached hydrogen (secondary N) is 1. The van der Waals surface area contributed by atoms with Gasteiger partial charge in [-0.05, 0) is 41.8 Å². The maximum absolute atomic E-state index is 13.9. The Kier molecular flexibility index (Phi) is 11.5. The number of ether oxygens (including phenoxy) is 3. The second-order valence-electron chi connectivity index (χ2n) is 10.8. The zero-order valence-electron chi connectivity index (χ0n) is 25.4. The van der Waals surface area contributed by atoms with Crippen molar-refractivity contribution in [1.29, 1.82) is 0 Å². The molecule has 0 unspecified atom stereocenters. The van der Waals surface area contributed by atoms with Crippen LogP contribution in [0.5, 0.6) is 11.5 Å². The van der Waals surface area contributed by atoms with Crippen LogP contribution in [0.25, 0.3) is 11.1 Å². The Morgan fingerprint density at radius 1 is 1.00 bits per heavy atom. The first-order valence-electron chi connectivity index (χ1n) is 14.3. The lowest BCUT2D eigenvalue weighted by Gasteiger charge is -2.31. The highest BCUT2D eigenvalue weighted by atomic mass is 16.5. The van der Waals surface area contributed by atoms with Crippen molar-refractivity contribution in [2.75, 3.05) is 28.4 Å². The van der Waals surface area contributed by atoms with Gasteiger partial charge in [0.25, 0.3) is 0 Å². The average molecular weight is 582 g/mol. The van der Waals surface area contributed by atoms with Crippen LogP contribution in [0.1, 0.15) is 63.1 Å². The SMILES string of the molecule is CCCCC[C@H](N)C(=O)N(C)[C@@H]1C(=O)C[C@@H](C)C(=O)N[C@H](C(=O)OC)Cc2ccc(OC)c(c2)-c2cc1ccc2OC. The van der Waals surface area contributed by atoms with E-state index in [2.05, 4.69) is 12.2 Å². The predicted molar refractivity (Wildman–Crippen MR) is 159 cm³/mol. The molecular formula is C32H43N3O7. The minimum absolute atomic E-state index is 0.161. The van der Waals surface area contributed by atoms with Crippen molar-refractivity contribution in [3.63, 3.8) is 0 Å².